The number of benzene rings is 1. The molecule has 0 amide bonds. The first-order valence-electron chi connectivity index (χ1n) is 15.4. The van der Waals surface area contributed by atoms with Crippen LogP contribution in [0.1, 0.15) is 46.7 Å². The SMILES string of the molecule is Cc1sc(C(C#N)=C2C(F)=c3c(c4c(c5c3=C(F)/C(=C(\C#N)c3nc(C#N)c(C(F)(F)F)s3)C=5F)=C(F)/C(=C(\C#N)c3nc(C#N)c(C(F)(F)F)s3)C=4F)=C2F)nc1C#N. The van der Waals surface area contributed by atoms with Gasteiger partial charge in [-0.3, -0.25) is 0 Å². The molecule has 9 nitrogen and oxygen atoms in total. The van der Waals surface area contributed by atoms with Crippen LogP contribution in [0, 0.1) is 74.9 Å². The largest absolute Gasteiger partial charge is 0.428 e. The monoisotopic (exact) mass is 885 g/mol. The summed E-state index contributed by atoms with van der Waals surface area (Å²) < 4.78 is 184. The van der Waals surface area contributed by atoms with Gasteiger partial charge in [-0.15, -0.1) is 34.0 Å². The molecule has 0 unspecified atom stereocenters. The Morgan fingerprint density at radius 1 is 0.433 bits per heavy atom. The number of hydrogen-bond donors (Lipinski definition) is 0. The van der Waals surface area contributed by atoms with E-state index in [9.17, 15) is 57.9 Å². The maximum Gasteiger partial charge on any atom is 0.428 e. The summed E-state index contributed by atoms with van der Waals surface area (Å²) in [5.41, 5.74) is -11.7. The van der Waals surface area contributed by atoms with Crippen LogP contribution in [-0.4, -0.2) is 15.0 Å². The quantitative estimate of drug-likeness (QED) is 0.191. The average Bonchev–Trinajstić information content (AvgIpc) is 4.04. The molecule has 0 radical (unpaired) electrons. The Bertz CT molecular complexity index is 3360. The Morgan fingerprint density at radius 3 is 0.883 bits per heavy atom. The lowest BCUT2D eigenvalue weighted by Crippen LogP contribution is -2.64. The molecule has 0 aliphatic heterocycles. The van der Waals surface area contributed by atoms with Gasteiger partial charge >= 0.3 is 12.4 Å². The van der Waals surface area contributed by atoms with Crippen molar-refractivity contribution in [3.05, 3.63) is 94.8 Å². The molecule has 1 aromatic carbocycles. The van der Waals surface area contributed by atoms with Crippen molar-refractivity contribution in [2.75, 3.05) is 0 Å². The first kappa shape index (κ1) is 40.8. The van der Waals surface area contributed by atoms with Gasteiger partial charge in [-0.1, -0.05) is 0 Å². The van der Waals surface area contributed by atoms with Crippen molar-refractivity contribution in [2.24, 2.45) is 0 Å². The van der Waals surface area contributed by atoms with Crippen LogP contribution in [0.2, 0.25) is 0 Å². The molecular weight excluding hydrogens is 883 g/mol. The number of alkyl halides is 6. The molecule has 3 aromatic heterocycles. The van der Waals surface area contributed by atoms with Crippen LogP contribution in [0.3, 0.4) is 0 Å². The summed E-state index contributed by atoms with van der Waals surface area (Å²) in [6.07, 6.45) is -10.6. The van der Waals surface area contributed by atoms with E-state index in [0.717, 1.165) is 12.1 Å². The third-order valence-corrected chi connectivity index (χ3v) is 12.0. The lowest BCUT2D eigenvalue weighted by molar-refractivity contribution is -0.135. The second-order valence-electron chi connectivity index (χ2n) is 11.9. The maximum absolute atomic E-state index is 16.9. The second kappa shape index (κ2) is 13.9. The first-order chi connectivity index (χ1) is 28.2. The van der Waals surface area contributed by atoms with E-state index in [1.54, 1.807) is 6.07 Å². The Morgan fingerprint density at radius 2 is 0.683 bits per heavy atom. The van der Waals surface area contributed by atoms with Crippen molar-refractivity contribution >= 4 is 85.7 Å². The smallest absolute Gasteiger partial charge is 0.224 e. The van der Waals surface area contributed by atoms with Crippen molar-refractivity contribution in [2.45, 2.75) is 19.3 Å². The minimum Gasteiger partial charge on any atom is -0.224 e. The summed E-state index contributed by atoms with van der Waals surface area (Å²) in [4.78, 5) is 7.15. The fraction of sp³-hybridized carbons (Fsp3) is 0.0833. The van der Waals surface area contributed by atoms with Gasteiger partial charge in [0.1, 0.15) is 113 Å². The zero-order valence-corrected chi connectivity index (χ0v) is 30.7. The summed E-state index contributed by atoms with van der Waals surface area (Å²) in [7, 11) is 0. The van der Waals surface area contributed by atoms with Gasteiger partial charge in [0.05, 0.1) is 16.7 Å². The van der Waals surface area contributed by atoms with Crippen molar-refractivity contribution < 1.29 is 52.7 Å². The highest BCUT2D eigenvalue weighted by Gasteiger charge is 2.42. The summed E-state index contributed by atoms with van der Waals surface area (Å²) >= 11 is -0.334. The Hall–Kier alpha value is -7.35. The van der Waals surface area contributed by atoms with E-state index < -0.39 is 171 Å². The highest BCUT2D eigenvalue weighted by Crippen LogP contribution is 2.43. The van der Waals surface area contributed by atoms with Crippen LogP contribution < -0.4 is 31.3 Å². The molecule has 0 saturated heterocycles. The Labute approximate surface area is 334 Å². The molecule has 0 atom stereocenters. The van der Waals surface area contributed by atoms with Crippen molar-refractivity contribution in [1.29, 1.82) is 31.6 Å². The van der Waals surface area contributed by atoms with Crippen LogP contribution in [0.25, 0.3) is 51.7 Å². The Kier molecular flexibility index (Phi) is 9.46. The van der Waals surface area contributed by atoms with Gasteiger partial charge in [0.2, 0.25) is 0 Å². The molecule has 24 heteroatoms. The van der Waals surface area contributed by atoms with Gasteiger partial charge in [-0.2, -0.15) is 57.9 Å². The first-order valence-corrected chi connectivity index (χ1v) is 17.9. The van der Waals surface area contributed by atoms with E-state index in [1.807, 2.05) is 0 Å². The van der Waals surface area contributed by atoms with E-state index in [2.05, 4.69) is 15.0 Å². The normalized spacial score (nSPS) is 17.1. The molecule has 3 aliphatic carbocycles. The van der Waals surface area contributed by atoms with E-state index in [4.69, 9.17) is 0 Å². The van der Waals surface area contributed by atoms with Crippen LogP contribution in [0.15, 0.2) is 16.7 Å². The van der Waals surface area contributed by atoms with E-state index in [1.165, 1.54) is 25.1 Å². The van der Waals surface area contributed by atoms with Gasteiger partial charge in [0.25, 0.3) is 0 Å². The molecule has 294 valence electrons. The molecule has 0 N–H and O–H groups in total. The van der Waals surface area contributed by atoms with Crippen LogP contribution in [-0.2, 0) is 12.4 Å². The number of aromatic nitrogens is 3. The maximum atomic E-state index is 16.9. The summed E-state index contributed by atoms with van der Waals surface area (Å²) in [5, 5.41) is 46.1. The third kappa shape index (κ3) is 5.65. The molecule has 0 bridgehead atoms. The van der Waals surface area contributed by atoms with Gasteiger partial charge in [0.15, 0.2) is 17.1 Å². The number of allylic oxidation sites excluding steroid dienone is 6. The van der Waals surface area contributed by atoms with Gasteiger partial charge in [0, 0.05) is 36.2 Å². The number of fused-ring (bicyclic) bond motifs is 6. The lowest BCUT2D eigenvalue weighted by atomic mass is 10.1. The van der Waals surface area contributed by atoms with Gasteiger partial charge in [-0.25, -0.2) is 41.3 Å². The molecule has 0 spiro atoms. The number of rotatable bonds is 3. The zero-order valence-electron chi connectivity index (χ0n) is 28.3. The number of halogens is 12. The second-order valence-corrected chi connectivity index (χ2v) is 15.1. The Balaban J connectivity index is 1.77. The third-order valence-electron chi connectivity index (χ3n) is 8.74. The van der Waals surface area contributed by atoms with Crippen LogP contribution in [0.4, 0.5) is 52.7 Å². The van der Waals surface area contributed by atoms with Crippen molar-refractivity contribution in [3.63, 3.8) is 0 Å². The molecule has 3 heterocycles. The number of aryl methyl sites for hydroxylation is 1. The molecule has 0 fully saturated rings. The fourth-order valence-corrected chi connectivity index (χ4v) is 9.03. The topological polar surface area (TPSA) is 181 Å². The summed E-state index contributed by atoms with van der Waals surface area (Å²) in [6, 6.07) is 7.71. The van der Waals surface area contributed by atoms with Gasteiger partial charge < -0.3 is 0 Å². The predicted octanol–water partition coefficient (Wildman–Crippen LogP) is 5.46. The summed E-state index contributed by atoms with van der Waals surface area (Å²) in [5.74, 6) is -12.5. The summed E-state index contributed by atoms with van der Waals surface area (Å²) in [6.45, 7) is 1.33. The number of nitriles is 6. The van der Waals surface area contributed by atoms with Gasteiger partial charge in [-0.05, 0) is 6.92 Å². The molecule has 3 aliphatic rings. The fourth-order valence-electron chi connectivity index (χ4n) is 6.39. The zero-order chi connectivity index (χ0) is 44.1. The average molecular weight is 886 g/mol. The molecule has 7 rings (SSSR count). The number of nitrogens with zero attached hydrogens (tertiary/aromatic N) is 9. The van der Waals surface area contributed by atoms with Crippen LogP contribution >= 0.6 is 34.0 Å². The highest BCUT2D eigenvalue weighted by molar-refractivity contribution is 7.13. The minimum atomic E-state index is -5.30. The van der Waals surface area contributed by atoms with Crippen molar-refractivity contribution in [1.82, 2.24) is 15.0 Å². The van der Waals surface area contributed by atoms with E-state index in [0.29, 0.717) is 11.3 Å². The standard InChI is InChI=1S/C36H3F12N9S3/c1-8-12(5-52)55-32(58-8)9(2-49)15-24(37)18-19(25(15)38)21-23(29(42)17(27(21)40)11(4-51)34-57-14(7-54)31(60-34)36(46,47)48)22-20(18)26(39)16(28(22)41)10(3-50)33-56-13(6-53)30(59-33)35(43,44)45/h1H3/b15-9?,16-10-,17-11+. The number of thiazole rings is 3. The molecule has 0 saturated carbocycles. The molecule has 60 heavy (non-hydrogen) atoms. The lowest BCUT2D eigenvalue weighted by Gasteiger charge is -2.02. The number of hydrogen-bond acceptors (Lipinski definition) is 12. The molecular formula is C36H3F12N9S3. The van der Waals surface area contributed by atoms with Crippen molar-refractivity contribution in [3.8, 4) is 36.4 Å². The molecule has 4 aromatic rings. The van der Waals surface area contributed by atoms with Crippen LogP contribution in [0.5, 0.6) is 0 Å². The minimum absolute atomic E-state index is 0.120. The van der Waals surface area contributed by atoms with E-state index in [-0.39, 0.29) is 10.6 Å². The highest BCUT2D eigenvalue weighted by atomic mass is 32.1. The predicted molar refractivity (Wildman–Crippen MR) is 184 cm³/mol. The van der Waals surface area contributed by atoms with E-state index >= 15 is 26.3 Å².